The fourth-order valence-corrected chi connectivity index (χ4v) is 1.08. The van der Waals surface area contributed by atoms with Crippen molar-refractivity contribution >= 4 is 61.5 Å². The summed E-state index contributed by atoms with van der Waals surface area (Å²) in [6.45, 7) is 0. The molecule has 0 aromatic heterocycles. The minimum absolute atomic E-state index is 0. The zero-order valence-corrected chi connectivity index (χ0v) is 14.5. The van der Waals surface area contributed by atoms with Crippen molar-refractivity contribution in [3.63, 3.8) is 0 Å². The van der Waals surface area contributed by atoms with Gasteiger partial charge in [-0.2, -0.15) is 0 Å². The smallest absolute Gasteiger partial charge is 0.635 e. The first-order valence-corrected chi connectivity index (χ1v) is 6.04. The maximum Gasteiger partial charge on any atom is 2.00 e. The van der Waals surface area contributed by atoms with E-state index in [9.17, 15) is 39.8 Å². The number of carboxylic acid groups (broad SMARTS) is 2. The van der Waals surface area contributed by atoms with Crippen LogP contribution in [0, 0.1) is 10.4 Å². The van der Waals surface area contributed by atoms with E-state index < -0.39 is 35.8 Å². The van der Waals surface area contributed by atoms with Crippen LogP contribution in [0.3, 0.4) is 0 Å². The van der Waals surface area contributed by atoms with Gasteiger partial charge in [0.05, 0.1) is 11.9 Å². The van der Waals surface area contributed by atoms with Crippen LogP contribution < -0.4 is 32.6 Å². The predicted octanol–water partition coefficient (Wildman–Crippen LogP) is -7.52. The summed E-state index contributed by atoms with van der Waals surface area (Å²) in [6, 6.07) is -2.44. The molecular formula is C10H18CaN4O8. The van der Waals surface area contributed by atoms with E-state index >= 15 is 0 Å². The molecular weight excluding hydrogens is 344 g/mol. The molecule has 0 aliphatic heterocycles. The van der Waals surface area contributed by atoms with Gasteiger partial charge in [-0.25, -0.2) is 0 Å². The van der Waals surface area contributed by atoms with Crippen LogP contribution in [0.5, 0.6) is 0 Å². The van der Waals surface area contributed by atoms with Crippen molar-refractivity contribution in [2.45, 2.75) is 37.8 Å². The van der Waals surface area contributed by atoms with Gasteiger partial charge in [-0.3, -0.25) is 9.59 Å². The van der Waals surface area contributed by atoms with E-state index in [0.29, 0.717) is 0 Å². The van der Waals surface area contributed by atoms with Gasteiger partial charge >= 0.3 is 37.7 Å². The fourth-order valence-electron chi connectivity index (χ4n) is 1.08. The molecule has 0 spiro atoms. The quantitative estimate of drug-likeness (QED) is 0.214. The van der Waals surface area contributed by atoms with Crippen LogP contribution in [0.25, 0.3) is 0 Å². The molecule has 128 valence electrons. The summed E-state index contributed by atoms with van der Waals surface area (Å²) in [5.41, 5.74) is 9.92. The summed E-state index contributed by atoms with van der Waals surface area (Å²) in [7, 11) is 0. The van der Waals surface area contributed by atoms with Crippen molar-refractivity contribution in [3.05, 3.63) is 10.4 Å². The first kappa shape index (κ1) is 26.9. The summed E-state index contributed by atoms with van der Waals surface area (Å²) in [5, 5.41) is 40.1. The molecule has 0 rings (SSSR count). The number of rotatable bonds is 10. The molecule has 0 aromatic rings. The van der Waals surface area contributed by atoms with Crippen LogP contribution in [0.2, 0.25) is 0 Å². The first-order chi connectivity index (χ1) is 10.1. The molecule has 0 unspecified atom stereocenters. The normalized spacial score (nSPS) is 11.9. The Kier molecular flexibility index (Phi) is 18.5. The average molecular weight is 362 g/mol. The van der Waals surface area contributed by atoms with Crippen molar-refractivity contribution in [1.29, 1.82) is 0 Å². The van der Waals surface area contributed by atoms with Gasteiger partial charge < -0.3 is 52.6 Å². The second kappa shape index (κ2) is 15.9. The Morgan fingerprint density at radius 3 is 1.17 bits per heavy atom. The van der Waals surface area contributed by atoms with Gasteiger partial charge in [0, 0.05) is 25.7 Å². The topological polar surface area (TPSA) is 246 Å². The number of nitrogens with two attached hydrogens (primary N) is 4. The van der Waals surface area contributed by atoms with Crippen LogP contribution >= 0.6 is 0 Å². The Morgan fingerprint density at radius 2 is 1.04 bits per heavy atom. The molecule has 0 heterocycles. The van der Waals surface area contributed by atoms with Crippen LogP contribution in [-0.2, 0) is 19.2 Å². The molecule has 0 radical (unpaired) electrons. The summed E-state index contributed by atoms with van der Waals surface area (Å²) in [4.78, 5) is 40.4. The summed E-state index contributed by atoms with van der Waals surface area (Å²) in [6.07, 6.45) is -0.392. The maximum absolute atomic E-state index is 10.1. The van der Waals surface area contributed by atoms with Crippen LogP contribution in [0.1, 0.15) is 25.7 Å². The minimum atomic E-state index is -1.47. The van der Waals surface area contributed by atoms with Gasteiger partial charge in [-0.05, 0) is 0 Å². The molecule has 2 atom stereocenters. The molecule has 0 saturated carbocycles. The third-order valence-corrected chi connectivity index (χ3v) is 2.34. The van der Waals surface area contributed by atoms with E-state index in [4.69, 9.17) is 11.5 Å². The Labute approximate surface area is 161 Å². The number of carbonyl (C=O) groups is 4. The zero-order valence-electron chi connectivity index (χ0n) is 12.3. The van der Waals surface area contributed by atoms with E-state index in [-0.39, 0.29) is 74.4 Å². The van der Waals surface area contributed by atoms with Crippen molar-refractivity contribution in [2.75, 3.05) is 0 Å². The predicted molar refractivity (Wildman–Crippen MR) is 70.8 cm³/mol. The number of hydroxylamine groups is 2. The number of amides is 2. The van der Waals surface area contributed by atoms with Crippen molar-refractivity contribution in [2.24, 2.45) is 11.5 Å². The summed E-state index contributed by atoms with van der Waals surface area (Å²) >= 11 is 0. The van der Waals surface area contributed by atoms with Crippen LogP contribution in [0.4, 0.5) is 0 Å². The van der Waals surface area contributed by atoms with Crippen LogP contribution in [-0.4, -0.2) is 73.6 Å². The van der Waals surface area contributed by atoms with E-state index in [1.165, 1.54) is 0 Å². The number of carbonyl (C=O) groups excluding carboxylic acids is 4. The monoisotopic (exact) mass is 362 g/mol. The minimum Gasteiger partial charge on any atom is -0.635 e. The molecule has 8 N–H and O–H groups in total. The number of primary amides is 2. The van der Waals surface area contributed by atoms with E-state index in [2.05, 4.69) is 0 Å². The Bertz CT molecular complexity index is 359. The molecule has 12 nitrogen and oxygen atoms in total. The molecule has 0 aromatic carbocycles. The van der Waals surface area contributed by atoms with Crippen molar-refractivity contribution in [3.8, 4) is 0 Å². The van der Waals surface area contributed by atoms with Gasteiger partial charge in [0.15, 0.2) is 0 Å². The van der Waals surface area contributed by atoms with Gasteiger partial charge in [-0.15, -0.1) is 0 Å². The molecule has 0 fully saturated rings. The number of hydrogen-bond acceptors (Lipinski definition) is 8. The van der Waals surface area contributed by atoms with E-state index in [1.807, 2.05) is 0 Å². The third-order valence-electron chi connectivity index (χ3n) is 2.34. The number of hydrogen-bond donors (Lipinski definition) is 4. The maximum atomic E-state index is 10.1. The Morgan fingerprint density at radius 1 is 0.783 bits per heavy atom. The van der Waals surface area contributed by atoms with Gasteiger partial charge in [0.2, 0.25) is 11.8 Å². The van der Waals surface area contributed by atoms with Crippen LogP contribution in [0.15, 0.2) is 0 Å². The summed E-state index contributed by atoms with van der Waals surface area (Å²) in [5.74, 6) is -4.20. The largest absolute Gasteiger partial charge is 2.00 e. The molecule has 0 bridgehead atoms. The molecule has 23 heavy (non-hydrogen) atoms. The molecule has 13 heteroatoms. The van der Waals surface area contributed by atoms with Crippen molar-refractivity contribution in [1.82, 2.24) is 0 Å². The molecule has 0 aliphatic rings. The fraction of sp³-hybridized carbons (Fsp3) is 0.600. The average Bonchev–Trinajstić information content (AvgIpc) is 2.39. The summed E-state index contributed by atoms with van der Waals surface area (Å²) < 4.78 is 0. The Balaban J connectivity index is -0.000000333. The number of aliphatic carboxylic acids is 2. The Hall–Kier alpha value is -1.02. The second-order valence-electron chi connectivity index (χ2n) is 4.13. The molecule has 0 saturated heterocycles. The molecule has 2 amide bonds. The SMILES string of the molecule is NC(=O)CC[C@H]([NH2+][O-])C(=O)[O-].NC(=O)CC[C@H]([NH2+][O-])C(=O)[O-].[Ca+2]. The van der Waals surface area contributed by atoms with Gasteiger partial charge in [0.1, 0.15) is 12.1 Å². The van der Waals surface area contributed by atoms with Gasteiger partial charge in [-0.1, -0.05) is 0 Å². The zero-order chi connectivity index (χ0) is 17.7. The van der Waals surface area contributed by atoms with Gasteiger partial charge in [0.25, 0.3) is 0 Å². The van der Waals surface area contributed by atoms with E-state index in [1.54, 1.807) is 0 Å². The molecule has 0 aliphatic carbocycles. The number of carboxylic acids is 2. The standard InChI is InChI=1S/2C5H10N2O4.Ca/c2*6-4(8)2-1-3(7-11)5(9)10;/h2*3H,1-2,7H2,(H2,6,8)(H,9,10);/q;;+2/p-2/t2*3-;/m00./s1. The number of quaternary nitrogens is 2. The van der Waals surface area contributed by atoms with Crippen molar-refractivity contribution < 1.29 is 40.4 Å². The van der Waals surface area contributed by atoms with E-state index in [0.717, 1.165) is 0 Å². The third kappa shape index (κ3) is 17.2. The second-order valence-corrected chi connectivity index (χ2v) is 4.13. The first-order valence-electron chi connectivity index (χ1n) is 6.04.